The number of carboxylic acids is 1. The van der Waals surface area contributed by atoms with Gasteiger partial charge in [0.05, 0.1) is 6.61 Å². The number of rotatable bonds is 15. The fraction of sp³-hybridized carbons (Fsp3) is 0.577. The first-order chi connectivity index (χ1) is 18.2. The number of nitrogens with two attached hydrogens (primary N) is 2. The minimum absolute atomic E-state index is 0.0974. The molecule has 2 rings (SSSR count). The van der Waals surface area contributed by atoms with Gasteiger partial charge in [0.1, 0.15) is 18.1 Å². The lowest BCUT2D eigenvalue weighted by Gasteiger charge is -2.25. The van der Waals surface area contributed by atoms with E-state index < -0.39 is 42.5 Å². The molecule has 0 aromatic heterocycles. The second kappa shape index (κ2) is 16.2. The molecule has 9 N–H and O–H groups in total. The Bertz CT molecular complexity index is 947. The van der Waals surface area contributed by atoms with Gasteiger partial charge in [0.2, 0.25) is 17.7 Å². The first-order valence-electron chi connectivity index (χ1n) is 13.0. The average Bonchev–Trinajstić information content (AvgIpc) is 2.89. The standard InChI is InChI=1S/C26H40N6O6/c27-26(28)29-13-7-12-19(23(35)32-21(16-33)25(37)38)31-24(36)20(14-17-8-3-1-4-9-17)30-22(34)15-18-10-5-2-6-11-18/h1,3-4,8-9,18-21,33H,2,5-7,10-16H2,(H,30,34)(H,31,36)(H,32,35)(H,37,38)(H4,27,28,29)/t19-,20-,21-/m0/s1. The number of nitrogens with zero attached hydrogens (tertiary/aromatic N) is 1. The van der Waals surface area contributed by atoms with Crippen LogP contribution < -0.4 is 27.4 Å². The van der Waals surface area contributed by atoms with Crippen LogP contribution in [0.25, 0.3) is 0 Å². The Balaban J connectivity index is 2.15. The number of aliphatic hydroxyl groups is 1. The lowest BCUT2D eigenvalue weighted by Crippen LogP contribution is -2.56. The van der Waals surface area contributed by atoms with Gasteiger partial charge in [-0.3, -0.25) is 19.4 Å². The first kappa shape index (κ1) is 30.6. The number of nitrogens with one attached hydrogen (secondary N) is 3. The number of amides is 3. The number of benzene rings is 1. The van der Waals surface area contributed by atoms with Crippen molar-refractivity contribution in [2.45, 2.75) is 75.9 Å². The van der Waals surface area contributed by atoms with E-state index in [-0.39, 0.29) is 37.2 Å². The van der Waals surface area contributed by atoms with Gasteiger partial charge in [-0.2, -0.15) is 0 Å². The Morgan fingerprint density at radius 3 is 2.16 bits per heavy atom. The summed E-state index contributed by atoms with van der Waals surface area (Å²) in [5.41, 5.74) is 11.5. The monoisotopic (exact) mass is 532 g/mol. The van der Waals surface area contributed by atoms with Crippen LogP contribution in [0.1, 0.15) is 56.9 Å². The van der Waals surface area contributed by atoms with Crippen molar-refractivity contribution < 1.29 is 29.4 Å². The van der Waals surface area contributed by atoms with E-state index in [4.69, 9.17) is 11.5 Å². The quantitative estimate of drug-likeness (QED) is 0.0910. The highest BCUT2D eigenvalue weighted by Gasteiger charge is 2.30. The van der Waals surface area contributed by atoms with E-state index in [0.29, 0.717) is 12.8 Å². The molecule has 0 radical (unpaired) electrons. The number of hydrogen-bond acceptors (Lipinski definition) is 6. The summed E-state index contributed by atoms with van der Waals surface area (Å²) in [6.45, 7) is -0.625. The Hall–Kier alpha value is -3.67. The molecule has 12 heteroatoms. The Kier molecular flexibility index (Phi) is 13.0. The van der Waals surface area contributed by atoms with Crippen molar-refractivity contribution >= 4 is 29.7 Å². The highest BCUT2D eigenvalue weighted by Crippen LogP contribution is 2.26. The van der Waals surface area contributed by atoms with Crippen LogP contribution in [0.5, 0.6) is 0 Å². The van der Waals surface area contributed by atoms with Crippen LogP contribution in [0.4, 0.5) is 0 Å². The summed E-state index contributed by atoms with van der Waals surface area (Å²) in [4.78, 5) is 54.3. The smallest absolute Gasteiger partial charge is 0.328 e. The predicted octanol–water partition coefficient (Wildman–Crippen LogP) is -0.216. The maximum absolute atomic E-state index is 13.4. The van der Waals surface area contributed by atoms with Crippen molar-refractivity contribution in [2.75, 3.05) is 13.2 Å². The molecule has 0 bridgehead atoms. The van der Waals surface area contributed by atoms with E-state index in [1.54, 1.807) is 0 Å². The van der Waals surface area contributed by atoms with Crippen molar-refractivity contribution in [3.05, 3.63) is 35.9 Å². The van der Waals surface area contributed by atoms with Crippen LogP contribution in [0.2, 0.25) is 0 Å². The molecule has 3 atom stereocenters. The molecule has 0 heterocycles. The van der Waals surface area contributed by atoms with Gasteiger partial charge in [-0.25, -0.2) is 4.79 Å². The molecule has 1 aromatic carbocycles. The summed E-state index contributed by atoms with van der Waals surface area (Å²) >= 11 is 0. The summed E-state index contributed by atoms with van der Waals surface area (Å²) in [7, 11) is 0. The predicted molar refractivity (Wildman–Crippen MR) is 142 cm³/mol. The van der Waals surface area contributed by atoms with Crippen LogP contribution >= 0.6 is 0 Å². The highest BCUT2D eigenvalue weighted by atomic mass is 16.4. The van der Waals surface area contributed by atoms with E-state index in [1.165, 1.54) is 6.42 Å². The molecule has 12 nitrogen and oxygen atoms in total. The molecule has 0 aliphatic heterocycles. The van der Waals surface area contributed by atoms with Gasteiger partial charge in [0, 0.05) is 19.4 Å². The van der Waals surface area contributed by atoms with Crippen molar-refractivity contribution in [1.82, 2.24) is 16.0 Å². The van der Waals surface area contributed by atoms with Gasteiger partial charge in [-0.15, -0.1) is 0 Å². The highest BCUT2D eigenvalue weighted by molar-refractivity contribution is 5.93. The topological polar surface area (TPSA) is 209 Å². The van der Waals surface area contributed by atoms with Crippen LogP contribution in [0, 0.1) is 5.92 Å². The van der Waals surface area contributed by atoms with Crippen molar-refractivity contribution in [1.29, 1.82) is 0 Å². The lowest BCUT2D eigenvalue weighted by atomic mass is 9.87. The van der Waals surface area contributed by atoms with Crippen LogP contribution in [-0.2, 0) is 25.6 Å². The second-order valence-electron chi connectivity index (χ2n) is 9.61. The number of carbonyl (C=O) groups excluding carboxylic acids is 3. The third-order valence-electron chi connectivity index (χ3n) is 6.51. The Labute approximate surface area is 222 Å². The van der Waals surface area contributed by atoms with E-state index >= 15 is 0 Å². The number of hydrogen-bond donors (Lipinski definition) is 7. The summed E-state index contributed by atoms with van der Waals surface area (Å²) in [6, 6.07) is 5.56. The van der Waals surface area contributed by atoms with Gasteiger partial charge >= 0.3 is 5.97 Å². The number of carbonyl (C=O) groups is 4. The largest absolute Gasteiger partial charge is 0.480 e. The zero-order chi connectivity index (χ0) is 27.9. The minimum Gasteiger partial charge on any atom is -0.480 e. The zero-order valence-electron chi connectivity index (χ0n) is 21.6. The third kappa shape index (κ3) is 11.2. The molecule has 1 aromatic rings. The van der Waals surface area contributed by atoms with Crippen LogP contribution in [0.15, 0.2) is 35.3 Å². The summed E-state index contributed by atoms with van der Waals surface area (Å²) in [5.74, 6) is -2.84. The molecular formula is C26H40N6O6. The second-order valence-corrected chi connectivity index (χ2v) is 9.61. The fourth-order valence-electron chi connectivity index (χ4n) is 4.47. The molecule has 1 aliphatic carbocycles. The maximum atomic E-state index is 13.4. The number of aliphatic imine (C=N–C) groups is 1. The molecule has 0 saturated heterocycles. The van der Waals surface area contributed by atoms with Gasteiger partial charge in [-0.05, 0) is 37.2 Å². The average molecular weight is 533 g/mol. The number of carboxylic acid groups (broad SMARTS) is 1. The molecule has 3 amide bonds. The molecule has 1 aliphatic rings. The summed E-state index contributed by atoms with van der Waals surface area (Å²) in [5, 5.41) is 26.2. The minimum atomic E-state index is -1.53. The van der Waals surface area contributed by atoms with Gasteiger partial charge in [0.15, 0.2) is 5.96 Å². The van der Waals surface area contributed by atoms with Crippen LogP contribution in [-0.4, -0.2) is 71.1 Å². The normalized spacial score (nSPS) is 15.9. The first-order valence-corrected chi connectivity index (χ1v) is 13.0. The van der Waals surface area contributed by atoms with E-state index in [2.05, 4.69) is 20.9 Å². The Morgan fingerprint density at radius 1 is 0.921 bits per heavy atom. The number of aliphatic carboxylic acids is 1. The van der Waals surface area contributed by atoms with E-state index in [0.717, 1.165) is 31.2 Å². The van der Waals surface area contributed by atoms with E-state index in [9.17, 15) is 29.4 Å². The molecule has 1 fully saturated rings. The van der Waals surface area contributed by atoms with Gasteiger partial charge in [0.25, 0.3) is 0 Å². The van der Waals surface area contributed by atoms with Crippen molar-refractivity contribution in [3.8, 4) is 0 Å². The van der Waals surface area contributed by atoms with Gasteiger partial charge in [-0.1, -0.05) is 49.6 Å². The molecule has 38 heavy (non-hydrogen) atoms. The SMILES string of the molecule is NC(N)=NCCC[C@H](NC(=O)[C@H](Cc1ccccc1)NC(=O)CC1CCCCC1)C(=O)N[C@@H](CO)C(=O)O. The number of aliphatic hydroxyl groups excluding tert-OH is 1. The van der Waals surface area contributed by atoms with Crippen LogP contribution in [0.3, 0.4) is 0 Å². The summed E-state index contributed by atoms with van der Waals surface area (Å²) < 4.78 is 0. The Morgan fingerprint density at radius 2 is 1.55 bits per heavy atom. The molecule has 1 saturated carbocycles. The third-order valence-corrected chi connectivity index (χ3v) is 6.51. The lowest BCUT2D eigenvalue weighted by molar-refractivity contribution is -0.143. The van der Waals surface area contributed by atoms with Gasteiger partial charge < -0.3 is 37.6 Å². The fourth-order valence-corrected chi connectivity index (χ4v) is 4.47. The molecule has 0 unspecified atom stereocenters. The zero-order valence-corrected chi connectivity index (χ0v) is 21.6. The van der Waals surface area contributed by atoms with Crippen molar-refractivity contribution in [3.63, 3.8) is 0 Å². The number of guanidine groups is 1. The maximum Gasteiger partial charge on any atom is 0.328 e. The molecular weight excluding hydrogens is 492 g/mol. The van der Waals surface area contributed by atoms with Crippen molar-refractivity contribution in [2.24, 2.45) is 22.4 Å². The van der Waals surface area contributed by atoms with E-state index in [1.807, 2.05) is 30.3 Å². The molecule has 0 spiro atoms. The summed E-state index contributed by atoms with van der Waals surface area (Å²) in [6.07, 6.45) is 6.26. The molecule has 210 valence electrons.